The molecule has 1 amide bonds. The van der Waals surface area contributed by atoms with Crippen LogP contribution in [-0.2, 0) is 0 Å². The van der Waals surface area contributed by atoms with Crippen molar-refractivity contribution in [1.29, 1.82) is 0 Å². The number of ether oxygens (including phenoxy) is 1. The molecule has 1 heterocycles. The van der Waals surface area contributed by atoms with Gasteiger partial charge in [-0.1, -0.05) is 24.3 Å². The second-order valence-corrected chi connectivity index (χ2v) is 5.62. The Morgan fingerprint density at radius 3 is 2.64 bits per heavy atom. The molecule has 2 aromatic carbocycles. The monoisotopic (exact) mass is 334 g/mol. The van der Waals surface area contributed by atoms with Crippen molar-refractivity contribution in [3.8, 4) is 22.6 Å². The molecule has 0 fully saturated rings. The van der Waals surface area contributed by atoms with Gasteiger partial charge >= 0.3 is 0 Å². The summed E-state index contributed by atoms with van der Waals surface area (Å²) in [6.45, 7) is 1.94. The summed E-state index contributed by atoms with van der Waals surface area (Å²) in [5.74, 6) is 0.203. The lowest BCUT2D eigenvalue weighted by molar-refractivity contribution is 0.102. The number of phenolic OH excluding ortho intramolecular Hbond substituents is 1. The van der Waals surface area contributed by atoms with Crippen molar-refractivity contribution in [3.63, 3.8) is 0 Å². The predicted molar refractivity (Wildman–Crippen MR) is 97.0 cm³/mol. The fourth-order valence-electron chi connectivity index (χ4n) is 2.49. The first-order chi connectivity index (χ1) is 12.1. The number of para-hydroxylation sites is 1. The van der Waals surface area contributed by atoms with Crippen LogP contribution in [-0.4, -0.2) is 23.1 Å². The topological polar surface area (TPSA) is 71.5 Å². The van der Waals surface area contributed by atoms with Crippen LogP contribution in [0.5, 0.6) is 11.5 Å². The molecule has 25 heavy (non-hydrogen) atoms. The molecule has 0 aliphatic carbocycles. The Bertz CT molecular complexity index is 922. The molecule has 5 nitrogen and oxygen atoms in total. The molecular weight excluding hydrogens is 316 g/mol. The van der Waals surface area contributed by atoms with E-state index in [0.717, 1.165) is 22.4 Å². The van der Waals surface area contributed by atoms with Crippen LogP contribution < -0.4 is 10.1 Å². The zero-order chi connectivity index (χ0) is 17.8. The number of methoxy groups -OCH3 is 1. The maximum Gasteiger partial charge on any atom is 0.257 e. The Labute approximate surface area is 145 Å². The standard InChI is InChI=1S/C20H18N2O3/c1-13-5-3-4-6-17(13)22-20(24)16-9-15(11-21-12-16)14-7-8-18(23)19(10-14)25-2/h3-12,23H,1-2H3,(H,22,24). The van der Waals surface area contributed by atoms with Gasteiger partial charge in [-0.05, 0) is 42.3 Å². The molecule has 3 rings (SSSR count). The van der Waals surface area contributed by atoms with Crippen molar-refractivity contribution in [3.05, 3.63) is 72.1 Å². The lowest BCUT2D eigenvalue weighted by atomic mass is 10.0. The molecular formula is C20H18N2O3. The van der Waals surface area contributed by atoms with Gasteiger partial charge in [-0.15, -0.1) is 0 Å². The van der Waals surface area contributed by atoms with E-state index in [1.54, 1.807) is 30.5 Å². The minimum atomic E-state index is -0.227. The fourth-order valence-corrected chi connectivity index (χ4v) is 2.49. The number of aromatic hydroxyl groups is 1. The number of phenols is 1. The smallest absolute Gasteiger partial charge is 0.257 e. The van der Waals surface area contributed by atoms with Gasteiger partial charge in [0, 0.05) is 23.6 Å². The number of aryl methyl sites for hydroxylation is 1. The van der Waals surface area contributed by atoms with Crippen LogP contribution in [0, 0.1) is 6.92 Å². The Hall–Kier alpha value is -3.34. The van der Waals surface area contributed by atoms with Crippen LogP contribution in [0.2, 0.25) is 0 Å². The van der Waals surface area contributed by atoms with E-state index in [1.165, 1.54) is 13.3 Å². The number of benzene rings is 2. The van der Waals surface area contributed by atoms with Crippen molar-refractivity contribution in [2.75, 3.05) is 12.4 Å². The molecule has 0 aliphatic rings. The summed E-state index contributed by atoms with van der Waals surface area (Å²) in [4.78, 5) is 16.7. The van der Waals surface area contributed by atoms with Crippen molar-refractivity contribution in [2.24, 2.45) is 0 Å². The highest BCUT2D eigenvalue weighted by Gasteiger charge is 2.11. The van der Waals surface area contributed by atoms with E-state index in [9.17, 15) is 9.90 Å². The molecule has 0 atom stereocenters. The molecule has 0 saturated heterocycles. The van der Waals surface area contributed by atoms with E-state index in [0.29, 0.717) is 11.3 Å². The van der Waals surface area contributed by atoms with Gasteiger partial charge in [-0.2, -0.15) is 0 Å². The molecule has 2 N–H and O–H groups in total. The maximum atomic E-state index is 12.5. The van der Waals surface area contributed by atoms with Crippen LogP contribution in [0.15, 0.2) is 60.9 Å². The van der Waals surface area contributed by atoms with E-state index >= 15 is 0 Å². The predicted octanol–water partition coefficient (Wildman–Crippen LogP) is 4.02. The number of carbonyl (C=O) groups excluding carboxylic acids is 1. The number of nitrogens with one attached hydrogen (secondary N) is 1. The van der Waals surface area contributed by atoms with Gasteiger partial charge in [0.05, 0.1) is 12.7 Å². The third-order valence-corrected chi connectivity index (χ3v) is 3.91. The second-order valence-electron chi connectivity index (χ2n) is 5.62. The molecule has 0 bridgehead atoms. The third-order valence-electron chi connectivity index (χ3n) is 3.91. The molecule has 3 aromatic rings. The van der Waals surface area contributed by atoms with Crippen molar-refractivity contribution >= 4 is 11.6 Å². The molecule has 0 unspecified atom stereocenters. The van der Waals surface area contributed by atoms with E-state index in [2.05, 4.69) is 10.3 Å². The average molecular weight is 334 g/mol. The van der Waals surface area contributed by atoms with Crippen LogP contribution in [0.3, 0.4) is 0 Å². The van der Waals surface area contributed by atoms with Gasteiger partial charge in [0.25, 0.3) is 5.91 Å². The maximum absolute atomic E-state index is 12.5. The van der Waals surface area contributed by atoms with E-state index in [-0.39, 0.29) is 11.7 Å². The largest absolute Gasteiger partial charge is 0.504 e. The Morgan fingerprint density at radius 2 is 1.88 bits per heavy atom. The van der Waals surface area contributed by atoms with Crippen LogP contribution >= 0.6 is 0 Å². The fraction of sp³-hybridized carbons (Fsp3) is 0.100. The normalized spacial score (nSPS) is 10.3. The van der Waals surface area contributed by atoms with E-state index in [4.69, 9.17) is 4.74 Å². The molecule has 1 aromatic heterocycles. The Kier molecular flexibility index (Phi) is 4.66. The molecule has 0 aliphatic heterocycles. The highest BCUT2D eigenvalue weighted by Crippen LogP contribution is 2.31. The third kappa shape index (κ3) is 3.61. The number of amides is 1. The van der Waals surface area contributed by atoms with Crippen LogP contribution in [0.25, 0.3) is 11.1 Å². The summed E-state index contributed by atoms with van der Waals surface area (Å²) in [5, 5.41) is 12.6. The van der Waals surface area contributed by atoms with E-state index in [1.807, 2.05) is 31.2 Å². The first-order valence-corrected chi connectivity index (χ1v) is 7.78. The molecule has 0 saturated carbocycles. The Balaban J connectivity index is 1.89. The van der Waals surface area contributed by atoms with Gasteiger partial charge in [0.2, 0.25) is 0 Å². The minimum absolute atomic E-state index is 0.0626. The van der Waals surface area contributed by atoms with Crippen molar-refractivity contribution < 1.29 is 14.6 Å². The van der Waals surface area contributed by atoms with Gasteiger partial charge in [0.1, 0.15) is 0 Å². The first kappa shape index (κ1) is 16.5. The number of carbonyl (C=O) groups is 1. The van der Waals surface area contributed by atoms with Gasteiger partial charge < -0.3 is 15.2 Å². The lowest BCUT2D eigenvalue weighted by Crippen LogP contribution is -2.13. The summed E-state index contributed by atoms with van der Waals surface area (Å²) >= 11 is 0. The zero-order valence-corrected chi connectivity index (χ0v) is 14.0. The average Bonchev–Trinajstić information content (AvgIpc) is 2.64. The lowest BCUT2D eigenvalue weighted by Gasteiger charge is -2.10. The molecule has 0 spiro atoms. The van der Waals surface area contributed by atoms with Crippen LogP contribution in [0.1, 0.15) is 15.9 Å². The number of hydrogen-bond acceptors (Lipinski definition) is 4. The van der Waals surface area contributed by atoms with Gasteiger partial charge in [-0.3, -0.25) is 9.78 Å². The number of rotatable bonds is 4. The summed E-state index contributed by atoms with van der Waals surface area (Å²) < 4.78 is 5.13. The highest BCUT2D eigenvalue weighted by atomic mass is 16.5. The number of pyridine rings is 1. The number of aromatic nitrogens is 1. The quantitative estimate of drug-likeness (QED) is 0.756. The van der Waals surface area contributed by atoms with Crippen molar-refractivity contribution in [2.45, 2.75) is 6.92 Å². The molecule has 0 radical (unpaired) electrons. The molecule has 5 heteroatoms. The minimum Gasteiger partial charge on any atom is -0.504 e. The number of nitrogens with zero attached hydrogens (tertiary/aromatic N) is 1. The van der Waals surface area contributed by atoms with Gasteiger partial charge in [-0.25, -0.2) is 0 Å². The SMILES string of the molecule is COc1cc(-c2cncc(C(=O)Nc3ccccc3C)c2)ccc1O. The Morgan fingerprint density at radius 1 is 1.08 bits per heavy atom. The van der Waals surface area contributed by atoms with Crippen LogP contribution in [0.4, 0.5) is 5.69 Å². The zero-order valence-electron chi connectivity index (χ0n) is 14.0. The molecule has 126 valence electrons. The summed E-state index contributed by atoms with van der Waals surface area (Å²) in [5.41, 5.74) is 3.77. The summed E-state index contributed by atoms with van der Waals surface area (Å²) in [6, 6.07) is 14.3. The first-order valence-electron chi connectivity index (χ1n) is 7.78. The summed E-state index contributed by atoms with van der Waals surface area (Å²) in [6.07, 6.45) is 3.19. The van der Waals surface area contributed by atoms with E-state index < -0.39 is 0 Å². The number of hydrogen-bond donors (Lipinski definition) is 2. The highest BCUT2D eigenvalue weighted by molar-refractivity contribution is 6.05. The van der Waals surface area contributed by atoms with Crippen molar-refractivity contribution in [1.82, 2.24) is 4.98 Å². The second kappa shape index (κ2) is 7.05. The number of anilines is 1. The van der Waals surface area contributed by atoms with Gasteiger partial charge in [0.15, 0.2) is 11.5 Å². The summed E-state index contributed by atoms with van der Waals surface area (Å²) in [7, 11) is 1.49.